The van der Waals surface area contributed by atoms with E-state index < -0.39 is 5.91 Å². The van der Waals surface area contributed by atoms with Crippen molar-refractivity contribution >= 4 is 11.6 Å². The third-order valence-electron chi connectivity index (χ3n) is 1.45. The van der Waals surface area contributed by atoms with Crippen molar-refractivity contribution in [2.75, 3.05) is 0 Å². The van der Waals surface area contributed by atoms with E-state index in [1.54, 1.807) is 18.4 Å². The zero-order valence-electron chi connectivity index (χ0n) is 6.37. The normalized spacial score (nSPS) is 16.8. The average molecular weight is 150 g/mol. The van der Waals surface area contributed by atoms with Crippen molar-refractivity contribution in [1.29, 1.82) is 0 Å². The van der Waals surface area contributed by atoms with Crippen molar-refractivity contribution in [1.82, 2.24) is 0 Å². The maximum atomic E-state index is 10.7. The van der Waals surface area contributed by atoms with Crippen molar-refractivity contribution in [2.24, 2.45) is 10.7 Å². The van der Waals surface area contributed by atoms with Gasteiger partial charge >= 0.3 is 0 Å². The molecule has 0 saturated carbocycles. The van der Waals surface area contributed by atoms with Gasteiger partial charge in [0.15, 0.2) is 0 Å². The van der Waals surface area contributed by atoms with Gasteiger partial charge < -0.3 is 5.73 Å². The van der Waals surface area contributed by atoms with Crippen molar-refractivity contribution in [3.8, 4) is 0 Å². The molecular weight excluding hydrogens is 140 g/mol. The van der Waals surface area contributed by atoms with Crippen LogP contribution < -0.4 is 5.73 Å². The molecule has 0 saturated heterocycles. The van der Waals surface area contributed by atoms with Crippen LogP contribution in [-0.2, 0) is 4.79 Å². The van der Waals surface area contributed by atoms with Gasteiger partial charge in [0.25, 0.3) is 0 Å². The molecule has 0 unspecified atom stereocenters. The second kappa shape index (κ2) is 3.14. The second-order valence-corrected chi connectivity index (χ2v) is 2.41. The Hall–Kier alpha value is -1.38. The fraction of sp³-hybridized carbons (Fsp3) is 0.250. The molecule has 0 spiro atoms. The molecule has 3 nitrogen and oxygen atoms in total. The van der Waals surface area contributed by atoms with Crippen LogP contribution in [0.4, 0.5) is 0 Å². The van der Waals surface area contributed by atoms with E-state index in [-0.39, 0.29) is 0 Å². The van der Waals surface area contributed by atoms with E-state index in [2.05, 4.69) is 4.99 Å². The van der Waals surface area contributed by atoms with Crippen LogP contribution in [0.25, 0.3) is 0 Å². The minimum absolute atomic E-state index is 0.397. The Labute approximate surface area is 65.3 Å². The summed E-state index contributed by atoms with van der Waals surface area (Å²) >= 11 is 0. The molecule has 0 radical (unpaired) electrons. The number of nitrogens with zero attached hydrogens (tertiary/aromatic N) is 1. The molecule has 3 heteroatoms. The van der Waals surface area contributed by atoms with Gasteiger partial charge in [-0.25, -0.2) is 0 Å². The van der Waals surface area contributed by atoms with Gasteiger partial charge in [-0.3, -0.25) is 9.79 Å². The molecule has 0 aromatic carbocycles. The number of primary amides is 1. The number of rotatable bonds is 1. The highest BCUT2D eigenvalue weighted by atomic mass is 16.1. The molecule has 1 aliphatic heterocycles. The van der Waals surface area contributed by atoms with Gasteiger partial charge in [0, 0.05) is 23.9 Å². The summed E-state index contributed by atoms with van der Waals surface area (Å²) in [5.41, 5.74) is 6.59. The van der Waals surface area contributed by atoms with E-state index in [9.17, 15) is 4.79 Å². The van der Waals surface area contributed by atoms with Crippen molar-refractivity contribution in [2.45, 2.75) is 13.3 Å². The summed E-state index contributed by atoms with van der Waals surface area (Å²) < 4.78 is 0. The topological polar surface area (TPSA) is 55.4 Å². The fourth-order valence-corrected chi connectivity index (χ4v) is 0.806. The van der Waals surface area contributed by atoms with Crippen LogP contribution in [0.3, 0.4) is 0 Å². The predicted molar refractivity (Wildman–Crippen MR) is 44.1 cm³/mol. The summed E-state index contributed by atoms with van der Waals surface area (Å²) in [6.07, 6.45) is 5.70. The molecule has 58 valence electrons. The molecule has 0 atom stereocenters. The molecule has 11 heavy (non-hydrogen) atoms. The summed E-state index contributed by atoms with van der Waals surface area (Å²) in [7, 11) is 0. The largest absolute Gasteiger partial charge is 0.366 e. The predicted octanol–water partition coefficient (Wildman–Crippen LogP) is 0.776. The van der Waals surface area contributed by atoms with Gasteiger partial charge in [-0.1, -0.05) is 6.08 Å². The number of hydrogen-bond donors (Lipinski definition) is 1. The Morgan fingerprint density at radius 3 is 3.09 bits per heavy atom. The molecule has 0 aliphatic carbocycles. The Kier molecular flexibility index (Phi) is 2.21. The molecule has 1 amide bonds. The lowest BCUT2D eigenvalue weighted by atomic mass is 10.2. The average Bonchev–Trinajstić information content (AvgIpc) is 2.13. The zero-order chi connectivity index (χ0) is 8.27. The van der Waals surface area contributed by atoms with E-state index in [4.69, 9.17) is 5.73 Å². The first-order valence-corrected chi connectivity index (χ1v) is 3.40. The lowest BCUT2D eigenvalue weighted by Gasteiger charge is -1.91. The molecular formula is C8H10N2O. The first kappa shape index (κ1) is 7.72. The highest BCUT2D eigenvalue weighted by Gasteiger charge is 2.01. The number of amides is 1. The number of allylic oxidation sites excluding steroid dienone is 1. The maximum absolute atomic E-state index is 10.7. The molecule has 1 aliphatic rings. The Morgan fingerprint density at radius 1 is 1.73 bits per heavy atom. The molecule has 0 aromatic rings. The van der Waals surface area contributed by atoms with Gasteiger partial charge in [-0.05, 0) is 13.0 Å². The summed E-state index contributed by atoms with van der Waals surface area (Å²) in [6, 6.07) is 0. The highest BCUT2D eigenvalue weighted by Crippen LogP contribution is 2.04. The van der Waals surface area contributed by atoms with Crippen molar-refractivity contribution < 1.29 is 4.79 Å². The lowest BCUT2D eigenvalue weighted by molar-refractivity contribution is -0.114. The van der Waals surface area contributed by atoms with Crippen molar-refractivity contribution in [3.05, 3.63) is 23.9 Å². The Balaban J connectivity index is 2.82. The first-order chi connectivity index (χ1) is 5.20. The third-order valence-corrected chi connectivity index (χ3v) is 1.45. The van der Waals surface area contributed by atoms with E-state index in [0.717, 1.165) is 5.71 Å². The fourth-order valence-electron chi connectivity index (χ4n) is 0.806. The van der Waals surface area contributed by atoms with Gasteiger partial charge in [0.1, 0.15) is 0 Å². The van der Waals surface area contributed by atoms with Crippen LogP contribution >= 0.6 is 0 Å². The van der Waals surface area contributed by atoms with Gasteiger partial charge in [-0.15, -0.1) is 0 Å². The summed E-state index contributed by atoms with van der Waals surface area (Å²) in [4.78, 5) is 14.7. The number of nitrogens with two attached hydrogens (primary N) is 1. The van der Waals surface area contributed by atoms with Crippen LogP contribution in [0, 0.1) is 0 Å². The number of carbonyl (C=O) groups excluding carboxylic acids is 1. The van der Waals surface area contributed by atoms with E-state index in [0.29, 0.717) is 12.0 Å². The molecule has 0 bridgehead atoms. The van der Waals surface area contributed by atoms with E-state index in [1.807, 2.05) is 6.92 Å². The quantitative estimate of drug-likeness (QED) is 0.590. The molecule has 1 heterocycles. The summed E-state index contributed by atoms with van der Waals surface area (Å²) in [5, 5.41) is 0. The van der Waals surface area contributed by atoms with Gasteiger partial charge in [0.2, 0.25) is 5.91 Å². The Morgan fingerprint density at radius 2 is 2.45 bits per heavy atom. The lowest BCUT2D eigenvalue weighted by Crippen LogP contribution is -2.12. The zero-order valence-corrected chi connectivity index (χ0v) is 6.37. The summed E-state index contributed by atoms with van der Waals surface area (Å²) in [6.45, 7) is 1.91. The first-order valence-electron chi connectivity index (χ1n) is 3.40. The SMILES string of the molecule is CC1=NC=CC(C(N)=O)=CC1. The van der Waals surface area contributed by atoms with Crippen molar-refractivity contribution in [3.63, 3.8) is 0 Å². The minimum Gasteiger partial charge on any atom is -0.366 e. The maximum Gasteiger partial charge on any atom is 0.248 e. The van der Waals surface area contributed by atoms with Gasteiger partial charge in [-0.2, -0.15) is 0 Å². The van der Waals surface area contributed by atoms with Crippen LogP contribution in [0.5, 0.6) is 0 Å². The molecule has 0 fully saturated rings. The minimum atomic E-state index is -0.397. The monoisotopic (exact) mass is 150 g/mol. The molecule has 0 aromatic heterocycles. The van der Waals surface area contributed by atoms with Crippen LogP contribution in [0.1, 0.15) is 13.3 Å². The van der Waals surface area contributed by atoms with Crippen LogP contribution in [0.15, 0.2) is 28.9 Å². The number of hydrogen-bond acceptors (Lipinski definition) is 2. The van der Waals surface area contributed by atoms with Gasteiger partial charge in [0.05, 0.1) is 0 Å². The van der Waals surface area contributed by atoms with Crippen LogP contribution in [0.2, 0.25) is 0 Å². The summed E-state index contributed by atoms with van der Waals surface area (Å²) in [5.74, 6) is -0.397. The molecule has 2 N–H and O–H groups in total. The number of carbonyl (C=O) groups is 1. The van der Waals surface area contributed by atoms with E-state index >= 15 is 0 Å². The smallest absolute Gasteiger partial charge is 0.248 e. The second-order valence-electron chi connectivity index (χ2n) is 2.41. The van der Waals surface area contributed by atoms with Crippen LogP contribution in [-0.4, -0.2) is 11.6 Å². The number of aliphatic imine (C=N–C) groups is 1. The standard InChI is InChI=1S/C8H10N2O/c1-6-2-3-7(8(9)11)4-5-10-6/h3-5H,2H2,1H3,(H2,9,11). The van der Waals surface area contributed by atoms with E-state index in [1.165, 1.54) is 0 Å². The molecule has 1 rings (SSSR count). The Bertz CT molecular complexity index is 261. The highest BCUT2D eigenvalue weighted by molar-refractivity contribution is 5.96. The third kappa shape index (κ3) is 2.04.